The van der Waals surface area contributed by atoms with Gasteiger partial charge in [0.2, 0.25) is 0 Å². The van der Waals surface area contributed by atoms with E-state index in [9.17, 15) is 4.79 Å². The fourth-order valence-corrected chi connectivity index (χ4v) is 5.86. The summed E-state index contributed by atoms with van der Waals surface area (Å²) in [5.74, 6) is 0.726. The van der Waals surface area contributed by atoms with Crippen LogP contribution in [-0.4, -0.2) is 54.2 Å². The number of carbonyl (C=O) groups excluding carboxylic acids is 1. The van der Waals surface area contributed by atoms with Gasteiger partial charge in [0.05, 0.1) is 25.5 Å². The smallest absolute Gasteiger partial charge is 0.341 e. The van der Waals surface area contributed by atoms with E-state index in [1.54, 1.807) is 17.6 Å². The molecule has 3 heterocycles. The summed E-state index contributed by atoms with van der Waals surface area (Å²) in [5, 5.41) is 4.92. The molecule has 2 aromatic rings. The van der Waals surface area contributed by atoms with E-state index in [2.05, 4.69) is 15.1 Å². The van der Waals surface area contributed by atoms with E-state index < -0.39 is 0 Å². The van der Waals surface area contributed by atoms with E-state index in [0.717, 1.165) is 62.7 Å². The lowest BCUT2D eigenvalue weighted by atomic mass is 9.96. The molecule has 0 aromatic carbocycles. The molecule has 1 aliphatic heterocycles. The van der Waals surface area contributed by atoms with E-state index >= 15 is 0 Å². The largest absolute Gasteiger partial charge is 0.468 e. The second-order valence-electron chi connectivity index (χ2n) is 7.89. The normalized spacial score (nSPS) is 17.7. The zero-order valence-electron chi connectivity index (χ0n) is 17.4. The summed E-state index contributed by atoms with van der Waals surface area (Å²) in [5.41, 5.74) is 1.86. The molecule has 0 amide bonds. The van der Waals surface area contributed by atoms with Crippen molar-refractivity contribution in [2.24, 2.45) is 0 Å². The van der Waals surface area contributed by atoms with Crippen LogP contribution < -0.4 is 5.32 Å². The first kappa shape index (κ1) is 21.3. The van der Waals surface area contributed by atoms with Gasteiger partial charge in [0.1, 0.15) is 10.8 Å². The molecule has 2 aliphatic rings. The number of methoxy groups -OCH3 is 1. The fraction of sp³-hybridized carbons (Fsp3) is 0.545. The molecule has 2 aromatic heterocycles. The molecule has 0 unspecified atom stereocenters. The van der Waals surface area contributed by atoms with Gasteiger partial charge in [0.25, 0.3) is 0 Å². The second kappa shape index (κ2) is 9.94. The van der Waals surface area contributed by atoms with E-state index in [4.69, 9.17) is 21.4 Å². The van der Waals surface area contributed by atoms with Crippen LogP contribution in [0.3, 0.4) is 0 Å². The topological polar surface area (TPSA) is 58.0 Å². The van der Waals surface area contributed by atoms with Crippen LogP contribution in [0.2, 0.25) is 0 Å². The Morgan fingerprint density at radius 1 is 1.20 bits per heavy atom. The maximum atomic E-state index is 12.6. The monoisotopic (exact) mass is 447 g/mol. The number of fused-ring (bicyclic) bond motifs is 1. The van der Waals surface area contributed by atoms with Crippen LogP contribution in [-0.2, 0) is 24.1 Å². The van der Waals surface area contributed by atoms with Gasteiger partial charge in [-0.2, -0.15) is 0 Å². The van der Waals surface area contributed by atoms with Crippen molar-refractivity contribution in [3.05, 3.63) is 40.2 Å². The minimum atomic E-state index is -0.262. The average Bonchev–Trinajstić information content (AvgIpc) is 3.36. The lowest BCUT2D eigenvalue weighted by molar-refractivity contribution is 0.0601. The first-order valence-corrected chi connectivity index (χ1v) is 11.9. The second-order valence-corrected chi connectivity index (χ2v) is 9.38. The summed E-state index contributed by atoms with van der Waals surface area (Å²) >= 11 is 7.39. The summed E-state index contributed by atoms with van der Waals surface area (Å²) in [6, 6.07) is 3.93. The Kier molecular flexibility index (Phi) is 7.07. The van der Waals surface area contributed by atoms with Crippen LogP contribution in [0, 0.1) is 0 Å². The number of furan rings is 1. The number of aryl methyl sites for hydroxylation is 1. The number of piperazine rings is 1. The molecule has 8 heteroatoms. The van der Waals surface area contributed by atoms with Gasteiger partial charge in [-0.3, -0.25) is 4.90 Å². The van der Waals surface area contributed by atoms with Gasteiger partial charge in [-0.25, -0.2) is 4.79 Å². The molecule has 0 atom stereocenters. The van der Waals surface area contributed by atoms with Gasteiger partial charge in [-0.05, 0) is 55.6 Å². The Labute approximate surface area is 187 Å². The van der Waals surface area contributed by atoms with Crippen molar-refractivity contribution >= 4 is 39.6 Å². The van der Waals surface area contributed by atoms with Gasteiger partial charge >= 0.3 is 5.97 Å². The number of thiophene rings is 1. The van der Waals surface area contributed by atoms with E-state index in [1.165, 1.54) is 36.8 Å². The average molecular weight is 448 g/mol. The lowest BCUT2D eigenvalue weighted by Gasteiger charge is -2.35. The number of thiocarbonyl (C=S) groups is 1. The molecule has 30 heavy (non-hydrogen) atoms. The predicted octanol–water partition coefficient (Wildman–Crippen LogP) is 4.30. The number of esters is 1. The molecule has 0 bridgehead atoms. The minimum Gasteiger partial charge on any atom is -0.468 e. The molecule has 1 saturated heterocycles. The number of nitrogens with one attached hydrogen (secondary N) is 1. The quantitative estimate of drug-likeness (QED) is 0.554. The number of nitrogens with zero attached hydrogens (tertiary/aromatic N) is 2. The van der Waals surface area contributed by atoms with Crippen molar-refractivity contribution in [3.63, 3.8) is 0 Å². The van der Waals surface area contributed by atoms with Gasteiger partial charge in [-0.1, -0.05) is 12.8 Å². The van der Waals surface area contributed by atoms with Crippen molar-refractivity contribution in [2.75, 3.05) is 38.6 Å². The highest BCUT2D eigenvalue weighted by Crippen LogP contribution is 2.37. The number of ether oxygens (including phenoxy) is 1. The SMILES string of the molecule is COC(=O)c1c(NC(=S)N2CCN(Cc3ccco3)CC2)sc2c1CCCCCC2. The first-order chi connectivity index (χ1) is 14.7. The van der Waals surface area contributed by atoms with Gasteiger partial charge < -0.3 is 19.4 Å². The summed E-state index contributed by atoms with van der Waals surface area (Å²) in [6.45, 7) is 4.38. The number of hydrogen-bond acceptors (Lipinski definition) is 6. The maximum Gasteiger partial charge on any atom is 0.341 e. The molecular weight excluding hydrogens is 418 g/mol. The van der Waals surface area contributed by atoms with E-state index in [-0.39, 0.29) is 5.97 Å². The zero-order chi connectivity index (χ0) is 20.9. The van der Waals surface area contributed by atoms with Crippen LogP contribution in [0.25, 0.3) is 0 Å². The third-order valence-electron chi connectivity index (χ3n) is 5.90. The summed E-state index contributed by atoms with van der Waals surface area (Å²) < 4.78 is 10.6. The highest BCUT2D eigenvalue weighted by Gasteiger charge is 2.27. The Balaban J connectivity index is 1.42. The molecule has 162 valence electrons. The first-order valence-electron chi connectivity index (χ1n) is 10.7. The number of anilines is 1. The molecule has 0 radical (unpaired) electrons. The Hall–Kier alpha value is -1.90. The van der Waals surface area contributed by atoms with Crippen molar-refractivity contribution < 1.29 is 13.9 Å². The number of rotatable bonds is 4. The van der Waals surface area contributed by atoms with Crippen molar-refractivity contribution in [1.29, 1.82) is 0 Å². The summed E-state index contributed by atoms with van der Waals surface area (Å²) in [6.07, 6.45) is 8.47. The molecule has 1 N–H and O–H groups in total. The summed E-state index contributed by atoms with van der Waals surface area (Å²) in [7, 11) is 1.45. The molecule has 4 rings (SSSR count). The van der Waals surface area contributed by atoms with E-state index in [0.29, 0.717) is 10.7 Å². The van der Waals surface area contributed by atoms with Gasteiger partial charge in [0, 0.05) is 31.1 Å². The highest BCUT2D eigenvalue weighted by molar-refractivity contribution is 7.80. The molecule has 0 spiro atoms. The Bertz CT molecular complexity index is 871. The summed E-state index contributed by atoms with van der Waals surface area (Å²) in [4.78, 5) is 18.5. The molecule has 6 nitrogen and oxygen atoms in total. The van der Waals surface area contributed by atoms with Gasteiger partial charge in [0.15, 0.2) is 5.11 Å². The van der Waals surface area contributed by atoms with Crippen LogP contribution >= 0.6 is 23.6 Å². The maximum absolute atomic E-state index is 12.6. The predicted molar refractivity (Wildman–Crippen MR) is 123 cm³/mol. The van der Waals surface area contributed by atoms with Crippen LogP contribution in [0.4, 0.5) is 5.00 Å². The minimum absolute atomic E-state index is 0.262. The third kappa shape index (κ3) is 4.87. The van der Waals surface area contributed by atoms with Gasteiger partial charge in [-0.15, -0.1) is 11.3 Å². The van der Waals surface area contributed by atoms with Crippen LogP contribution in [0.15, 0.2) is 22.8 Å². The van der Waals surface area contributed by atoms with Crippen molar-refractivity contribution in [1.82, 2.24) is 9.80 Å². The molecular formula is C22H29N3O3S2. The van der Waals surface area contributed by atoms with Crippen LogP contribution in [0.1, 0.15) is 52.2 Å². The van der Waals surface area contributed by atoms with Crippen LogP contribution in [0.5, 0.6) is 0 Å². The Morgan fingerprint density at radius 3 is 2.67 bits per heavy atom. The number of carbonyl (C=O) groups is 1. The van der Waals surface area contributed by atoms with E-state index in [1.807, 2.05) is 12.1 Å². The Morgan fingerprint density at radius 2 is 1.97 bits per heavy atom. The lowest BCUT2D eigenvalue weighted by Crippen LogP contribution is -2.49. The zero-order valence-corrected chi connectivity index (χ0v) is 19.1. The number of hydrogen-bond donors (Lipinski definition) is 1. The highest BCUT2D eigenvalue weighted by atomic mass is 32.1. The van der Waals surface area contributed by atoms with Crippen molar-refractivity contribution in [3.8, 4) is 0 Å². The fourth-order valence-electron chi connectivity index (χ4n) is 4.23. The molecule has 1 fully saturated rings. The standard InChI is InChI=1S/C22H29N3O3S2/c1-27-21(26)19-17-8-4-2-3-5-9-18(17)30-20(19)23-22(29)25-12-10-24(11-13-25)15-16-7-6-14-28-16/h6-7,14H,2-5,8-13,15H2,1H3,(H,23,29). The third-order valence-corrected chi connectivity index (χ3v) is 7.47. The molecule has 1 aliphatic carbocycles. The molecule has 0 saturated carbocycles. The van der Waals surface area contributed by atoms with Crippen molar-refractivity contribution in [2.45, 2.75) is 45.1 Å².